The molecule has 2 atom stereocenters. The molecule has 1 aliphatic rings. The summed E-state index contributed by atoms with van der Waals surface area (Å²) in [5.74, 6) is 0.250. The number of carbonyl (C=O) groups excluding carboxylic acids is 2. The van der Waals surface area contributed by atoms with Crippen LogP contribution in [0.2, 0.25) is 0 Å². The monoisotopic (exact) mass is 528 g/mol. The van der Waals surface area contributed by atoms with E-state index >= 15 is 0 Å². The minimum atomic E-state index is -0.453. The number of rotatable bonds is 13. The van der Waals surface area contributed by atoms with Crippen LogP contribution in [0.25, 0.3) is 0 Å². The number of carbonyl (C=O) groups is 2. The maximum atomic E-state index is 13.0. The zero-order chi connectivity index (χ0) is 27.5. The number of hydrogen-bond acceptors (Lipinski definition) is 8. The molecule has 0 aromatic heterocycles. The van der Waals surface area contributed by atoms with Gasteiger partial charge in [-0.2, -0.15) is 0 Å². The lowest BCUT2D eigenvalue weighted by atomic mass is 9.89. The van der Waals surface area contributed by atoms with Crippen molar-refractivity contribution < 1.29 is 38.7 Å². The maximum Gasteiger partial charge on any atom is 0.309 e. The predicted octanol–water partition coefficient (Wildman–Crippen LogP) is 5.49. The summed E-state index contributed by atoms with van der Waals surface area (Å²) < 4.78 is 22.1. The average Bonchev–Trinajstić information content (AvgIpc) is 2.91. The predicted molar refractivity (Wildman–Crippen MR) is 143 cm³/mol. The summed E-state index contributed by atoms with van der Waals surface area (Å²) >= 11 is 0. The number of benzene rings is 2. The number of esters is 2. The molecule has 0 spiro atoms. The van der Waals surface area contributed by atoms with Gasteiger partial charge in [-0.15, -0.1) is 0 Å². The molecule has 2 aromatic rings. The van der Waals surface area contributed by atoms with Gasteiger partial charge in [0.1, 0.15) is 12.2 Å². The van der Waals surface area contributed by atoms with Gasteiger partial charge in [-0.3, -0.25) is 9.59 Å². The highest BCUT2D eigenvalue weighted by molar-refractivity contribution is 5.72. The third-order valence-electron chi connectivity index (χ3n) is 7.08. The fourth-order valence-electron chi connectivity index (χ4n) is 4.99. The highest BCUT2D eigenvalue weighted by Gasteiger charge is 2.28. The van der Waals surface area contributed by atoms with Gasteiger partial charge in [-0.1, -0.05) is 31.4 Å². The van der Waals surface area contributed by atoms with E-state index < -0.39 is 12.2 Å². The van der Waals surface area contributed by atoms with Crippen molar-refractivity contribution in [1.82, 2.24) is 0 Å². The molecule has 0 heterocycles. The van der Waals surface area contributed by atoms with Crippen molar-refractivity contribution in [1.29, 1.82) is 0 Å². The van der Waals surface area contributed by atoms with Gasteiger partial charge in [0.15, 0.2) is 23.0 Å². The average molecular weight is 529 g/mol. The standard InChI is InChI=1S/C30H40O8/c1-20(31)37-24(13-9-21-11-15-26(32)28(17-21)35-2)19-25(38-30(34)23-7-5-4-6-8-23)14-10-22-12-16-27(33)29(18-22)36-3/h11-12,15-18,23-25,32-33H,4-10,13-14,19H2,1-3H3. The van der Waals surface area contributed by atoms with Crippen molar-refractivity contribution in [2.45, 2.75) is 83.3 Å². The Morgan fingerprint density at radius 1 is 0.816 bits per heavy atom. The van der Waals surface area contributed by atoms with Gasteiger partial charge in [0.2, 0.25) is 0 Å². The van der Waals surface area contributed by atoms with Crippen LogP contribution in [0.1, 0.15) is 69.4 Å². The van der Waals surface area contributed by atoms with Gasteiger partial charge < -0.3 is 29.2 Å². The molecule has 1 aliphatic carbocycles. The first-order chi connectivity index (χ1) is 18.3. The third-order valence-corrected chi connectivity index (χ3v) is 7.08. The number of phenols is 2. The van der Waals surface area contributed by atoms with Gasteiger partial charge in [0, 0.05) is 13.3 Å². The fourth-order valence-corrected chi connectivity index (χ4v) is 4.99. The molecule has 38 heavy (non-hydrogen) atoms. The molecule has 2 unspecified atom stereocenters. The van der Waals surface area contributed by atoms with Crippen molar-refractivity contribution in [2.24, 2.45) is 5.92 Å². The van der Waals surface area contributed by atoms with Crippen molar-refractivity contribution in [3.05, 3.63) is 47.5 Å². The smallest absolute Gasteiger partial charge is 0.309 e. The minimum Gasteiger partial charge on any atom is -0.504 e. The molecular weight excluding hydrogens is 488 g/mol. The zero-order valence-corrected chi connectivity index (χ0v) is 22.6. The Morgan fingerprint density at radius 2 is 1.32 bits per heavy atom. The summed E-state index contributed by atoms with van der Waals surface area (Å²) in [7, 11) is 3.00. The maximum absolute atomic E-state index is 13.0. The normalized spacial score (nSPS) is 15.3. The first-order valence-corrected chi connectivity index (χ1v) is 13.4. The molecule has 8 heteroatoms. The topological polar surface area (TPSA) is 112 Å². The summed E-state index contributed by atoms with van der Waals surface area (Å²) in [6.45, 7) is 1.38. The molecule has 2 N–H and O–H groups in total. The van der Waals surface area contributed by atoms with Gasteiger partial charge in [-0.25, -0.2) is 0 Å². The number of aryl methyl sites for hydroxylation is 2. The van der Waals surface area contributed by atoms with E-state index in [4.69, 9.17) is 18.9 Å². The van der Waals surface area contributed by atoms with Crippen LogP contribution in [0, 0.1) is 5.92 Å². The van der Waals surface area contributed by atoms with E-state index in [0.29, 0.717) is 43.6 Å². The molecule has 3 rings (SSSR count). The van der Waals surface area contributed by atoms with Gasteiger partial charge >= 0.3 is 11.9 Å². The second-order valence-corrected chi connectivity index (χ2v) is 9.95. The second kappa shape index (κ2) is 14.5. The largest absolute Gasteiger partial charge is 0.504 e. The van der Waals surface area contributed by atoms with Crippen LogP contribution < -0.4 is 9.47 Å². The first kappa shape index (κ1) is 29.1. The number of phenolic OH excluding ortho intramolecular Hbond substituents is 2. The molecule has 0 amide bonds. The van der Waals surface area contributed by atoms with E-state index in [0.717, 1.165) is 43.2 Å². The van der Waals surface area contributed by atoms with E-state index in [-0.39, 0.29) is 29.4 Å². The minimum absolute atomic E-state index is 0.0633. The van der Waals surface area contributed by atoms with E-state index in [1.807, 2.05) is 12.1 Å². The van der Waals surface area contributed by atoms with Crippen LogP contribution in [0.3, 0.4) is 0 Å². The summed E-state index contributed by atoms with van der Waals surface area (Å²) in [6.07, 6.45) is 6.63. The van der Waals surface area contributed by atoms with E-state index in [1.54, 1.807) is 24.3 Å². The number of hydrogen-bond donors (Lipinski definition) is 2. The molecule has 0 bridgehead atoms. The van der Waals surface area contributed by atoms with Crippen LogP contribution in [0.4, 0.5) is 0 Å². The Bertz CT molecular complexity index is 1060. The lowest BCUT2D eigenvalue weighted by Gasteiger charge is -2.27. The lowest BCUT2D eigenvalue weighted by Crippen LogP contribution is -2.31. The Labute approximate surface area is 224 Å². The highest BCUT2D eigenvalue weighted by Crippen LogP contribution is 2.30. The Balaban J connectivity index is 1.72. The SMILES string of the molecule is COc1cc(CCC(CC(CCc2ccc(O)c(OC)c2)OC(=O)C2CCCCC2)OC(C)=O)ccc1O. The number of ether oxygens (including phenoxy) is 4. The molecule has 1 fully saturated rings. The Morgan fingerprint density at radius 3 is 1.79 bits per heavy atom. The summed E-state index contributed by atoms with van der Waals surface area (Å²) in [4.78, 5) is 25.0. The summed E-state index contributed by atoms with van der Waals surface area (Å²) in [5, 5.41) is 19.8. The fraction of sp³-hybridized carbons (Fsp3) is 0.533. The lowest BCUT2D eigenvalue weighted by molar-refractivity contribution is -0.159. The molecule has 2 aromatic carbocycles. The molecule has 1 saturated carbocycles. The molecule has 0 radical (unpaired) electrons. The quantitative estimate of drug-likeness (QED) is 0.328. The van der Waals surface area contributed by atoms with Crippen molar-refractivity contribution >= 4 is 11.9 Å². The van der Waals surface area contributed by atoms with Gasteiger partial charge in [-0.05, 0) is 73.9 Å². The van der Waals surface area contributed by atoms with Crippen LogP contribution in [0.15, 0.2) is 36.4 Å². The summed E-state index contributed by atoms with van der Waals surface area (Å²) in [5.41, 5.74) is 1.88. The van der Waals surface area contributed by atoms with Crippen LogP contribution in [-0.2, 0) is 31.9 Å². The van der Waals surface area contributed by atoms with Crippen LogP contribution in [-0.4, -0.2) is 48.6 Å². The molecule has 8 nitrogen and oxygen atoms in total. The molecular formula is C30H40O8. The molecule has 208 valence electrons. The highest BCUT2D eigenvalue weighted by atomic mass is 16.6. The Kier molecular flexibility index (Phi) is 11.1. The van der Waals surface area contributed by atoms with Crippen molar-refractivity contribution in [3.8, 4) is 23.0 Å². The van der Waals surface area contributed by atoms with Crippen molar-refractivity contribution in [2.75, 3.05) is 14.2 Å². The number of aromatic hydroxyl groups is 2. The van der Waals surface area contributed by atoms with E-state index in [9.17, 15) is 19.8 Å². The van der Waals surface area contributed by atoms with Crippen LogP contribution >= 0.6 is 0 Å². The Hall–Kier alpha value is -3.42. The third kappa shape index (κ3) is 8.85. The van der Waals surface area contributed by atoms with E-state index in [1.165, 1.54) is 21.1 Å². The van der Waals surface area contributed by atoms with E-state index in [2.05, 4.69) is 0 Å². The van der Waals surface area contributed by atoms with Crippen LogP contribution in [0.5, 0.6) is 23.0 Å². The summed E-state index contributed by atoms with van der Waals surface area (Å²) in [6, 6.07) is 10.3. The number of methoxy groups -OCH3 is 2. The molecule has 0 saturated heterocycles. The van der Waals surface area contributed by atoms with Gasteiger partial charge in [0.05, 0.1) is 20.1 Å². The first-order valence-electron chi connectivity index (χ1n) is 13.4. The second-order valence-electron chi connectivity index (χ2n) is 9.95. The van der Waals surface area contributed by atoms with Crippen molar-refractivity contribution in [3.63, 3.8) is 0 Å². The van der Waals surface area contributed by atoms with Gasteiger partial charge in [0.25, 0.3) is 0 Å². The zero-order valence-electron chi connectivity index (χ0n) is 22.6. The molecule has 0 aliphatic heterocycles.